The fourth-order valence-corrected chi connectivity index (χ4v) is 1.62. The molecule has 0 fully saturated rings. The van der Waals surface area contributed by atoms with Crippen LogP contribution in [0.2, 0.25) is 0 Å². The standard InChI is InChI=1S/C11H12F3N5O/c1-3-19-5-4-7(18-19)10(20)15-8-6(2)16-17-9(8)11(12,13)14/h4-5H,3H2,1-2H3,(H,15,20)(H,16,17). The Kier molecular flexibility index (Phi) is 3.51. The number of carbonyl (C=O) groups is 1. The highest BCUT2D eigenvalue weighted by molar-refractivity contribution is 6.03. The Hall–Kier alpha value is -2.32. The molecule has 0 atom stereocenters. The molecule has 2 rings (SSSR count). The van der Waals surface area contributed by atoms with Crippen molar-refractivity contribution in [3.63, 3.8) is 0 Å². The highest BCUT2D eigenvalue weighted by atomic mass is 19.4. The van der Waals surface area contributed by atoms with Gasteiger partial charge in [0, 0.05) is 12.7 Å². The van der Waals surface area contributed by atoms with E-state index in [2.05, 4.69) is 20.6 Å². The summed E-state index contributed by atoms with van der Waals surface area (Å²) in [6.45, 7) is 3.78. The van der Waals surface area contributed by atoms with E-state index in [-0.39, 0.29) is 17.1 Å². The summed E-state index contributed by atoms with van der Waals surface area (Å²) in [5.74, 6) is -0.716. The Morgan fingerprint density at radius 3 is 2.75 bits per heavy atom. The summed E-state index contributed by atoms with van der Waals surface area (Å²) in [4.78, 5) is 11.9. The summed E-state index contributed by atoms with van der Waals surface area (Å²) in [6, 6.07) is 1.43. The van der Waals surface area contributed by atoms with E-state index in [1.54, 1.807) is 6.20 Å². The van der Waals surface area contributed by atoms with E-state index in [4.69, 9.17) is 0 Å². The first-order valence-corrected chi connectivity index (χ1v) is 5.80. The summed E-state index contributed by atoms with van der Waals surface area (Å²) in [6.07, 6.45) is -3.07. The highest BCUT2D eigenvalue weighted by Gasteiger charge is 2.38. The van der Waals surface area contributed by atoms with Crippen LogP contribution in [0.25, 0.3) is 0 Å². The van der Waals surface area contributed by atoms with Crippen LogP contribution in [-0.2, 0) is 12.7 Å². The number of aryl methyl sites for hydroxylation is 2. The molecule has 1 amide bonds. The molecule has 2 heterocycles. The maximum absolute atomic E-state index is 12.7. The van der Waals surface area contributed by atoms with E-state index < -0.39 is 17.8 Å². The molecule has 0 aliphatic heterocycles. The van der Waals surface area contributed by atoms with Crippen LogP contribution in [-0.4, -0.2) is 25.9 Å². The van der Waals surface area contributed by atoms with E-state index in [9.17, 15) is 18.0 Å². The number of aromatic amines is 1. The number of rotatable bonds is 3. The van der Waals surface area contributed by atoms with Gasteiger partial charge >= 0.3 is 6.18 Å². The number of amides is 1. The van der Waals surface area contributed by atoms with Crippen molar-refractivity contribution in [2.24, 2.45) is 0 Å². The van der Waals surface area contributed by atoms with Crippen molar-refractivity contribution in [1.82, 2.24) is 20.0 Å². The predicted octanol–water partition coefficient (Wildman–Crippen LogP) is 2.21. The topological polar surface area (TPSA) is 75.6 Å². The summed E-state index contributed by atoms with van der Waals surface area (Å²) in [7, 11) is 0. The number of halogens is 3. The first-order chi connectivity index (χ1) is 9.32. The minimum Gasteiger partial charge on any atom is -0.317 e. The zero-order valence-corrected chi connectivity index (χ0v) is 10.7. The fraction of sp³-hybridized carbons (Fsp3) is 0.364. The van der Waals surface area contributed by atoms with Gasteiger partial charge in [-0.05, 0) is 19.9 Å². The average molecular weight is 287 g/mol. The molecule has 9 heteroatoms. The van der Waals surface area contributed by atoms with Crippen LogP contribution in [0.4, 0.5) is 18.9 Å². The maximum Gasteiger partial charge on any atom is 0.437 e. The second-order valence-electron chi connectivity index (χ2n) is 4.08. The van der Waals surface area contributed by atoms with Crippen LogP contribution >= 0.6 is 0 Å². The molecule has 0 spiro atoms. The Balaban J connectivity index is 2.26. The molecule has 0 saturated carbocycles. The van der Waals surface area contributed by atoms with E-state index in [1.807, 2.05) is 6.92 Å². The van der Waals surface area contributed by atoms with Gasteiger partial charge in [0.1, 0.15) is 0 Å². The lowest BCUT2D eigenvalue weighted by Gasteiger charge is -2.07. The zero-order chi connectivity index (χ0) is 14.9. The van der Waals surface area contributed by atoms with Crippen LogP contribution in [0.5, 0.6) is 0 Å². The van der Waals surface area contributed by atoms with Gasteiger partial charge in [0.25, 0.3) is 5.91 Å². The number of nitrogens with one attached hydrogen (secondary N) is 2. The first kappa shape index (κ1) is 14.1. The molecular formula is C11H12F3N5O. The Bertz CT molecular complexity index is 628. The summed E-state index contributed by atoms with van der Waals surface area (Å²) < 4.78 is 39.7. The number of aromatic nitrogens is 4. The number of nitrogens with zero attached hydrogens (tertiary/aromatic N) is 3. The van der Waals surface area contributed by atoms with Crippen LogP contribution in [0.1, 0.15) is 28.8 Å². The number of anilines is 1. The maximum atomic E-state index is 12.7. The summed E-state index contributed by atoms with van der Waals surface area (Å²) in [5, 5.41) is 11.5. The van der Waals surface area contributed by atoms with Crippen LogP contribution in [0, 0.1) is 6.92 Å². The van der Waals surface area contributed by atoms with Crippen LogP contribution < -0.4 is 5.32 Å². The van der Waals surface area contributed by atoms with Gasteiger partial charge in [-0.15, -0.1) is 0 Å². The normalized spacial score (nSPS) is 11.7. The molecule has 6 nitrogen and oxygen atoms in total. The first-order valence-electron chi connectivity index (χ1n) is 5.80. The highest BCUT2D eigenvalue weighted by Crippen LogP contribution is 2.34. The van der Waals surface area contributed by atoms with Gasteiger partial charge in [0.2, 0.25) is 0 Å². The number of hydrogen-bond acceptors (Lipinski definition) is 3. The number of alkyl halides is 3. The SMILES string of the molecule is CCn1ccc(C(=O)Nc2c(C(F)(F)F)n[nH]c2C)n1. The van der Waals surface area contributed by atoms with Crippen LogP contribution in [0.3, 0.4) is 0 Å². The quantitative estimate of drug-likeness (QED) is 0.908. The van der Waals surface area contributed by atoms with Gasteiger partial charge in [0.15, 0.2) is 11.4 Å². The van der Waals surface area contributed by atoms with Crippen molar-refractivity contribution >= 4 is 11.6 Å². The lowest BCUT2D eigenvalue weighted by Crippen LogP contribution is -2.17. The molecule has 0 radical (unpaired) electrons. The molecular weight excluding hydrogens is 275 g/mol. The largest absolute Gasteiger partial charge is 0.437 e. The Morgan fingerprint density at radius 2 is 2.20 bits per heavy atom. The molecule has 2 aromatic heterocycles. The van der Waals surface area contributed by atoms with Gasteiger partial charge < -0.3 is 5.32 Å². The van der Waals surface area contributed by atoms with Crippen molar-refractivity contribution in [2.45, 2.75) is 26.6 Å². The fourth-order valence-electron chi connectivity index (χ4n) is 1.62. The van der Waals surface area contributed by atoms with Crippen LogP contribution in [0.15, 0.2) is 12.3 Å². The molecule has 2 N–H and O–H groups in total. The summed E-state index contributed by atoms with van der Waals surface area (Å²) >= 11 is 0. The third kappa shape index (κ3) is 2.65. The van der Waals surface area contributed by atoms with E-state index in [1.165, 1.54) is 17.7 Å². The monoisotopic (exact) mass is 287 g/mol. The molecule has 0 aliphatic carbocycles. The van der Waals surface area contributed by atoms with E-state index >= 15 is 0 Å². The molecule has 0 unspecified atom stereocenters. The number of hydrogen-bond donors (Lipinski definition) is 2. The van der Waals surface area contributed by atoms with E-state index in [0.717, 1.165) is 0 Å². The van der Waals surface area contributed by atoms with Gasteiger partial charge in [0.05, 0.1) is 11.4 Å². The molecule has 0 aliphatic rings. The van der Waals surface area contributed by atoms with Crippen molar-refractivity contribution in [3.8, 4) is 0 Å². The minimum absolute atomic E-state index is 0.0422. The second-order valence-corrected chi connectivity index (χ2v) is 4.08. The lowest BCUT2D eigenvalue weighted by molar-refractivity contribution is -0.140. The molecule has 2 aromatic rings. The molecule has 20 heavy (non-hydrogen) atoms. The van der Waals surface area contributed by atoms with Crippen molar-refractivity contribution < 1.29 is 18.0 Å². The third-order valence-corrected chi connectivity index (χ3v) is 2.65. The second kappa shape index (κ2) is 4.99. The Morgan fingerprint density at radius 1 is 1.50 bits per heavy atom. The summed E-state index contributed by atoms with van der Waals surface area (Å²) in [5.41, 5.74) is -1.37. The van der Waals surface area contributed by atoms with Crippen molar-refractivity contribution in [1.29, 1.82) is 0 Å². The van der Waals surface area contributed by atoms with Crippen molar-refractivity contribution in [2.75, 3.05) is 5.32 Å². The van der Waals surface area contributed by atoms with Gasteiger partial charge in [-0.3, -0.25) is 14.6 Å². The number of carbonyl (C=O) groups excluding carboxylic acids is 1. The molecule has 108 valence electrons. The van der Waals surface area contributed by atoms with Gasteiger partial charge in [-0.2, -0.15) is 23.4 Å². The van der Waals surface area contributed by atoms with Crippen molar-refractivity contribution in [3.05, 3.63) is 29.3 Å². The average Bonchev–Trinajstić information content (AvgIpc) is 2.96. The zero-order valence-electron chi connectivity index (χ0n) is 10.7. The Labute approximate surface area is 112 Å². The molecule has 0 aromatic carbocycles. The number of H-pyrrole nitrogens is 1. The molecule has 0 saturated heterocycles. The lowest BCUT2D eigenvalue weighted by atomic mass is 10.2. The smallest absolute Gasteiger partial charge is 0.317 e. The van der Waals surface area contributed by atoms with Gasteiger partial charge in [-0.1, -0.05) is 0 Å². The van der Waals surface area contributed by atoms with Gasteiger partial charge in [-0.25, -0.2) is 0 Å². The van der Waals surface area contributed by atoms with E-state index in [0.29, 0.717) is 6.54 Å². The molecule has 0 bridgehead atoms. The predicted molar refractivity (Wildman–Crippen MR) is 64.2 cm³/mol. The third-order valence-electron chi connectivity index (χ3n) is 2.65. The minimum atomic E-state index is -4.64.